The van der Waals surface area contributed by atoms with E-state index < -0.39 is 11.7 Å². The Hall–Kier alpha value is -5.42. The summed E-state index contributed by atoms with van der Waals surface area (Å²) in [5, 5.41) is 13.9. The van der Waals surface area contributed by atoms with Crippen molar-refractivity contribution in [3.8, 4) is 33.8 Å². The van der Waals surface area contributed by atoms with Crippen LogP contribution in [0.3, 0.4) is 0 Å². The van der Waals surface area contributed by atoms with E-state index in [1.807, 2.05) is 41.9 Å². The van der Waals surface area contributed by atoms with Crippen LogP contribution in [0, 0.1) is 6.92 Å². The number of alkyl halides is 3. The Labute approximate surface area is 274 Å². The van der Waals surface area contributed by atoms with Gasteiger partial charge >= 0.3 is 6.18 Å². The maximum absolute atomic E-state index is 13.5. The van der Waals surface area contributed by atoms with Gasteiger partial charge in [0.05, 0.1) is 17.0 Å². The van der Waals surface area contributed by atoms with Gasteiger partial charge in [0, 0.05) is 46.8 Å². The van der Waals surface area contributed by atoms with E-state index >= 15 is 0 Å². The van der Waals surface area contributed by atoms with Gasteiger partial charge in [0.1, 0.15) is 5.82 Å². The number of aryl methyl sites for hydroxylation is 1. The summed E-state index contributed by atoms with van der Waals surface area (Å²) in [5.41, 5.74) is 6.90. The molecule has 0 aliphatic carbocycles. The van der Waals surface area contributed by atoms with E-state index in [0.717, 1.165) is 83.3 Å². The van der Waals surface area contributed by atoms with Gasteiger partial charge in [-0.15, -0.1) is 10.2 Å². The molecule has 48 heavy (non-hydrogen) atoms. The van der Waals surface area contributed by atoms with Gasteiger partial charge in [0.25, 0.3) is 0 Å². The summed E-state index contributed by atoms with van der Waals surface area (Å²) in [5.74, 6) is 0.901. The lowest BCUT2D eigenvalue weighted by molar-refractivity contribution is -0.137. The van der Waals surface area contributed by atoms with E-state index in [2.05, 4.69) is 72.6 Å². The Morgan fingerprint density at radius 3 is 2.35 bits per heavy atom. The third-order valence-corrected chi connectivity index (χ3v) is 9.06. The average molecular weight is 645 g/mol. The molecular formula is C37H31F3N8. The molecule has 0 amide bonds. The summed E-state index contributed by atoms with van der Waals surface area (Å²) in [6, 6.07) is 28.4. The Balaban J connectivity index is 0.994. The van der Waals surface area contributed by atoms with Crippen molar-refractivity contribution in [3.63, 3.8) is 0 Å². The fraction of sp³-hybridized carbons (Fsp3) is 0.216. The van der Waals surface area contributed by atoms with Gasteiger partial charge in [-0.1, -0.05) is 72.8 Å². The van der Waals surface area contributed by atoms with Crippen molar-refractivity contribution in [1.82, 2.24) is 39.7 Å². The molecule has 0 unspecified atom stereocenters. The summed E-state index contributed by atoms with van der Waals surface area (Å²) in [7, 11) is 0. The number of aromatic amines is 1. The highest BCUT2D eigenvalue weighted by Gasteiger charge is 2.34. The minimum Gasteiger partial charge on any atom is -0.325 e. The first kappa shape index (κ1) is 29.9. The number of benzene rings is 3. The zero-order valence-corrected chi connectivity index (χ0v) is 26.1. The molecule has 11 heteroatoms. The Morgan fingerprint density at radius 2 is 1.58 bits per heavy atom. The third-order valence-electron chi connectivity index (χ3n) is 9.06. The molecule has 7 aromatic rings. The third kappa shape index (κ3) is 5.70. The number of rotatable bonds is 6. The Morgan fingerprint density at radius 1 is 0.833 bits per heavy atom. The summed E-state index contributed by atoms with van der Waals surface area (Å²) < 4.78 is 42.4. The standard InChI is InChI=1S/C37H31F3N8/c1-23-19-32-41-21-28-20-30(25-7-3-2-4-8-25)33(42-36(28)48(32)46-23)26-13-11-24(12-14-26)22-47-17-15-27(16-18-47)34-43-35(45-44-34)29-9-5-6-10-31(29)37(38,39)40/h2-14,19-21,27H,15-18,22H2,1H3,(H,43,44,45). The lowest BCUT2D eigenvalue weighted by Gasteiger charge is -2.30. The SMILES string of the molecule is Cc1cc2ncc3cc(-c4ccccc4)c(-c4ccc(CN5CCC(c6nnc(-c7ccccc7C(F)(F)F)[nH]6)CC5)cc4)nc3n2n1. The van der Waals surface area contributed by atoms with Gasteiger partial charge in [-0.25, -0.2) is 9.97 Å². The van der Waals surface area contributed by atoms with Crippen LogP contribution in [0.4, 0.5) is 13.2 Å². The van der Waals surface area contributed by atoms with E-state index in [9.17, 15) is 13.2 Å². The van der Waals surface area contributed by atoms with Gasteiger partial charge in [-0.05, 0) is 56.1 Å². The Bertz CT molecular complexity index is 2230. The average Bonchev–Trinajstić information content (AvgIpc) is 3.75. The second kappa shape index (κ2) is 12.0. The topological polar surface area (TPSA) is 87.9 Å². The quantitative estimate of drug-likeness (QED) is 0.197. The maximum atomic E-state index is 13.5. The monoisotopic (exact) mass is 644 g/mol. The highest BCUT2D eigenvalue weighted by atomic mass is 19.4. The van der Waals surface area contributed by atoms with Gasteiger partial charge < -0.3 is 4.98 Å². The highest BCUT2D eigenvalue weighted by molar-refractivity contribution is 5.90. The number of nitrogens with one attached hydrogen (secondary N) is 1. The minimum atomic E-state index is -4.47. The molecule has 0 bridgehead atoms. The van der Waals surface area contributed by atoms with E-state index in [0.29, 0.717) is 5.82 Å². The fourth-order valence-corrected chi connectivity index (χ4v) is 6.62. The molecule has 1 fully saturated rings. The zero-order chi connectivity index (χ0) is 32.8. The van der Waals surface area contributed by atoms with Crippen LogP contribution in [0.5, 0.6) is 0 Å². The number of fused-ring (bicyclic) bond motifs is 3. The van der Waals surface area contributed by atoms with E-state index in [-0.39, 0.29) is 17.3 Å². The van der Waals surface area contributed by atoms with E-state index in [1.54, 1.807) is 6.07 Å². The number of hydrogen-bond acceptors (Lipinski definition) is 6. The molecule has 1 saturated heterocycles. The number of pyridine rings is 1. The minimum absolute atomic E-state index is 0.0150. The van der Waals surface area contributed by atoms with Crippen molar-refractivity contribution in [2.45, 2.75) is 38.4 Å². The molecule has 4 aromatic heterocycles. The molecule has 0 atom stereocenters. The van der Waals surface area contributed by atoms with Gasteiger partial charge in [-0.3, -0.25) is 4.90 Å². The lowest BCUT2D eigenvalue weighted by atomic mass is 9.95. The number of halogens is 3. The molecule has 5 heterocycles. The van der Waals surface area contributed by atoms with Crippen LogP contribution < -0.4 is 0 Å². The molecule has 1 aliphatic rings. The van der Waals surface area contributed by atoms with Gasteiger partial charge in [0.2, 0.25) is 0 Å². The highest BCUT2D eigenvalue weighted by Crippen LogP contribution is 2.37. The van der Waals surface area contributed by atoms with Crippen LogP contribution >= 0.6 is 0 Å². The van der Waals surface area contributed by atoms with Crippen LogP contribution in [-0.2, 0) is 12.7 Å². The predicted octanol–water partition coefficient (Wildman–Crippen LogP) is 8.10. The van der Waals surface area contributed by atoms with Crippen molar-refractivity contribution in [3.05, 3.63) is 120 Å². The molecule has 1 aliphatic heterocycles. The van der Waals surface area contributed by atoms with Gasteiger partial charge in [-0.2, -0.15) is 22.8 Å². The molecule has 8 rings (SSSR count). The van der Waals surface area contributed by atoms with Crippen LogP contribution in [0.2, 0.25) is 0 Å². The largest absolute Gasteiger partial charge is 0.417 e. The summed E-state index contributed by atoms with van der Waals surface area (Å²) in [6.45, 7) is 4.44. The number of aromatic nitrogens is 7. The molecule has 0 radical (unpaired) electrons. The van der Waals surface area contributed by atoms with Crippen molar-refractivity contribution in [2.75, 3.05) is 13.1 Å². The van der Waals surface area contributed by atoms with Crippen LogP contribution in [-0.4, -0.2) is 52.8 Å². The van der Waals surface area contributed by atoms with Crippen molar-refractivity contribution in [1.29, 1.82) is 0 Å². The smallest absolute Gasteiger partial charge is 0.325 e. The van der Waals surface area contributed by atoms with Crippen molar-refractivity contribution < 1.29 is 13.2 Å². The second-order valence-electron chi connectivity index (χ2n) is 12.3. The fourth-order valence-electron chi connectivity index (χ4n) is 6.62. The number of H-pyrrole nitrogens is 1. The summed E-state index contributed by atoms with van der Waals surface area (Å²) >= 11 is 0. The van der Waals surface area contributed by atoms with E-state index in [4.69, 9.17) is 4.98 Å². The second-order valence-corrected chi connectivity index (χ2v) is 12.3. The van der Waals surface area contributed by atoms with E-state index in [1.165, 1.54) is 17.7 Å². The maximum Gasteiger partial charge on any atom is 0.417 e. The van der Waals surface area contributed by atoms with Crippen LogP contribution in [0.15, 0.2) is 97.2 Å². The first-order chi connectivity index (χ1) is 23.3. The molecule has 0 saturated carbocycles. The Kier molecular flexibility index (Phi) is 7.48. The molecule has 0 spiro atoms. The molecule has 240 valence electrons. The summed E-state index contributed by atoms with van der Waals surface area (Å²) in [4.78, 5) is 15.2. The zero-order valence-electron chi connectivity index (χ0n) is 26.1. The number of likely N-dealkylation sites (tertiary alicyclic amines) is 1. The number of nitrogens with zero attached hydrogens (tertiary/aromatic N) is 7. The van der Waals surface area contributed by atoms with Crippen LogP contribution in [0.25, 0.3) is 50.5 Å². The first-order valence-electron chi connectivity index (χ1n) is 15.9. The molecule has 1 N–H and O–H groups in total. The normalized spacial score (nSPS) is 14.7. The molecular weight excluding hydrogens is 613 g/mol. The van der Waals surface area contributed by atoms with Crippen molar-refractivity contribution in [2.24, 2.45) is 0 Å². The van der Waals surface area contributed by atoms with Crippen LogP contribution in [0.1, 0.15) is 41.4 Å². The first-order valence-corrected chi connectivity index (χ1v) is 15.9. The molecule has 8 nitrogen and oxygen atoms in total. The van der Waals surface area contributed by atoms with Crippen molar-refractivity contribution >= 4 is 16.7 Å². The van der Waals surface area contributed by atoms with Gasteiger partial charge in [0.15, 0.2) is 17.1 Å². The lowest BCUT2D eigenvalue weighted by Crippen LogP contribution is -2.32. The number of piperidine rings is 1. The molecule has 3 aromatic carbocycles. The number of hydrogen-bond donors (Lipinski definition) is 1. The summed E-state index contributed by atoms with van der Waals surface area (Å²) in [6.07, 6.45) is -0.931. The predicted molar refractivity (Wildman–Crippen MR) is 178 cm³/mol.